The van der Waals surface area contributed by atoms with Crippen LogP contribution in [0.4, 0.5) is 11.7 Å². The van der Waals surface area contributed by atoms with Crippen LogP contribution in [0, 0.1) is 0 Å². The van der Waals surface area contributed by atoms with Gasteiger partial charge in [0.05, 0.1) is 6.04 Å². The number of nitrogens with zero attached hydrogens (tertiary/aromatic N) is 3. The Bertz CT molecular complexity index is 754. The summed E-state index contributed by atoms with van der Waals surface area (Å²) in [4.78, 5) is 18.2. The zero-order valence-corrected chi connectivity index (χ0v) is 14.3. The number of benzene rings is 1. The molecule has 25 heavy (non-hydrogen) atoms. The lowest BCUT2D eigenvalue weighted by Crippen LogP contribution is -2.36. The van der Waals surface area contributed by atoms with Crippen molar-refractivity contribution in [1.29, 1.82) is 0 Å². The molecule has 3 heterocycles. The Kier molecular flexibility index (Phi) is 4.40. The van der Waals surface area contributed by atoms with Crippen molar-refractivity contribution in [3.8, 4) is 0 Å². The van der Waals surface area contributed by atoms with Gasteiger partial charge in [0.1, 0.15) is 0 Å². The highest BCUT2D eigenvalue weighted by Gasteiger charge is 2.28. The molecule has 0 bridgehead atoms. The van der Waals surface area contributed by atoms with Crippen molar-refractivity contribution >= 4 is 17.6 Å². The van der Waals surface area contributed by atoms with E-state index in [4.69, 9.17) is 9.26 Å². The molecule has 1 fully saturated rings. The Labute approximate surface area is 146 Å². The molecule has 0 saturated carbocycles. The fourth-order valence-corrected chi connectivity index (χ4v) is 3.60. The van der Waals surface area contributed by atoms with Gasteiger partial charge in [-0.25, -0.2) is 0 Å². The van der Waals surface area contributed by atoms with E-state index in [2.05, 4.69) is 15.5 Å². The van der Waals surface area contributed by atoms with Crippen molar-refractivity contribution in [3.63, 3.8) is 0 Å². The average molecular weight is 342 g/mol. The number of hydrogen-bond acceptors (Lipinski definition) is 6. The summed E-state index contributed by atoms with van der Waals surface area (Å²) in [6, 6.07) is 8.45. The summed E-state index contributed by atoms with van der Waals surface area (Å²) in [7, 11) is 0. The van der Waals surface area contributed by atoms with Crippen LogP contribution < -0.4 is 10.2 Å². The van der Waals surface area contributed by atoms with Gasteiger partial charge in [-0.3, -0.25) is 4.79 Å². The molecule has 2 aliphatic rings. The lowest BCUT2D eigenvalue weighted by molar-refractivity contribution is -0.116. The zero-order chi connectivity index (χ0) is 17.2. The monoisotopic (exact) mass is 342 g/mol. The Morgan fingerprint density at radius 3 is 2.84 bits per heavy atom. The molecule has 1 atom stereocenters. The fraction of sp³-hybridized carbons (Fsp3) is 0.500. The third kappa shape index (κ3) is 3.24. The van der Waals surface area contributed by atoms with Crippen LogP contribution in [-0.2, 0) is 9.53 Å². The van der Waals surface area contributed by atoms with Crippen LogP contribution in [0.1, 0.15) is 49.5 Å². The molecule has 7 heteroatoms. The Balaban J connectivity index is 1.52. The predicted molar refractivity (Wildman–Crippen MR) is 92.5 cm³/mol. The fourth-order valence-electron chi connectivity index (χ4n) is 3.60. The molecule has 1 amide bonds. The summed E-state index contributed by atoms with van der Waals surface area (Å²) >= 11 is 0. The second-order valence-corrected chi connectivity index (χ2v) is 6.56. The minimum Gasteiger partial charge on any atom is -0.381 e. The Hall–Kier alpha value is -2.41. The number of nitrogens with one attached hydrogen (secondary N) is 1. The van der Waals surface area contributed by atoms with Gasteiger partial charge < -0.3 is 19.5 Å². The lowest BCUT2D eigenvalue weighted by atomic mass is 9.96. The third-order valence-electron chi connectivity index (χ3n) is 4.95. The highest BCUT2D eigenvalue weighted by Crippen LogP contribution is 2.36. The average Bonchev–Trinajstić information content (AvgIpc) is 3.11. The smallest absolute Gasteiger partial charge is 0.321 e. The first-order chi connectivity index (χ1) is 12.2. The second-order valence-electron chi connectivity index (χ2n) is 6.56. The summed E-state index contributed by atoms with van der Waals surface area (Å²) in [6.07, 6.45) is 2.66. The van der Waals surface area contributed by atoms with E-state index in [0.717, 1.165) is 49.6 Å². The van der Waals surface area contributed by atoms with Crippen LogP contribution >= 0.6 is 0 Å². The first kappa shape index (κ1) is 16.1. The summed E-state index contributed by atoms with van der Waals surface area (Å²) in [5.41, 5.74) is 2.03. The first-order valence-electron chi connectivity index (χ1n) is 8.77. The van der Waals surface area contributed by atoms with Gasteiger partial charge in [-0.1, -0.05) is 23.4 Å². The number of para-hydroxylation sites is 1. The van der Waals surface area contributed by atoms with Gasteiger partial charge >= 0.3 is 6.01 Å². The SMILES string of the molecule is CC(=O)N1CCC(Nc2nc(C3CCOCC3)no2)c2ccccc21. The van der Waals surface area contributed by atoms with Gasteiger partial charge in [0.2, 0.25) is 5.91 Å². The highest BCUT2D eigenvalue weighted by molar-refractivity contribution is 5.93. The van der Waals surface area contributed by atoms with Crippen molar-refractivity contribution in [2.24, 2.45) is 0 Å². The molecular formula is C18H22N4O3. The maximum Gasteiger partial charge on any atom is 0.321 e. The summed E-state index contributed by atoms with van der Waals surface area (Å²) in [6.45, 7) is 3.77. The van der Waals surface area contributed by atoms with Crippen LogP contribution in [0.2, 0.25) is 0 Å². The summed E-state index contributed by atoms with van der Waals surface area (Å²) in [5.74, 6) is 1.12. The number of hydrogen-bond donors (Lipinski definition) is 1. The summed E-state index contributed by atoms with van der Waals surface area (Å²) in [5, 5.41) is 7.48. The van der Waals surface area contributed by atoms with E-state index in [-0.39, 0.29) is 11.9 Å². The largest absolute Gasteiger partial charge is 0.381 e. The molecule has 4 rings (SSSR count). The topological polar surface area (TPSA) is 80.5 Å². The van der Waals surface area contributed by atoms with Crippen LogP contribution in [-0.4, -0.2) is 35.8 Å². The second kappa shape index (κ2) is 6.84. The van der Waals surface area contributed by atoms with E-state index in [9.17, 15) is 4.79 Å². The summed E-state index contributed by atoms with van der Waals surface area (Å²) < 4.78 is 10.8. The molecule has 0 aliphatic carbocycles. The number of rotatable bonds is 3. The van der Waals surface area contributed by atoms with Crippen molar-refractivity contribution in [3.05, 3.63) is 35.7 Å². The molecule has 7 nitrogen and oxygen atoms in total. The van der Waals surface area contributed by atoms with Crippen molar-refractivity contribution < 1.29 is 14.1 Å². The van der Waals surface area contributed by atoms with E-state index < -0.39 is 0 Å². The first-order valence-corrected chi connectivity index (χ1v) is 8.77. The third-order valence-corrected chi connectivity index (χ3v) is 4.95. The van der Waals surface area contributed by atoms with Crippen LogP contribution in [0.25, 0.3) is 0 Å². The zero-order valence-electron chi connectivity index (χ0n) is 14.3. The van der Waals surface area contributed by atoms with Gasteiger partial charge in [-0.05, 0) is 30.9 Å². The van der Waals surface area contributed by atoms with Crippen molar-refractivity contribution in [2.75, 3.05) is 30.0 Å². The molecule has 1 unspecified atom stereocenters. The van der Waals surface area contributed by atoms with E-state index in [1.54, 1.807) is 6.92 Å². The Morgan fingerprint density at radius 1 is 1.24 bits per heavy atom. The van der Waals surface area contributed by atoms with E-state index >= 15 is 0 Å². The molecule has 1 aromatic carbocycles. The normalized spacial score (nSPS) is 21.0. The maximum atomic E-state index is 11.9. The van der Waals surface area contributed by atoms with Crippen molar-refractivity contribution in [1.82, 2.24) is 10.1 Å². The standard InChI is InChI=1S/C18H22N4O3/c1-12(23)22-9-6-15(14-4-2-3-5-16(14)22)19-18-20-17(21-25-18)13-7-10-24-11-8-13/h2-5,13,15H,6-11H2,1H3,(H,19,20,21). The molecule has 1 aromatic heterocycles. The number of anilines is 2. The molecule has 1 saturated heterocycles. The number of ether oxygens (including phenoxy) is 1. The molecule has 0 radical (unpaired) electrons. The molecule has 132 valence electrons. The quantitative estimate of drug-likeness (QED) is 0.924. The van der Waals surface area contributed by atoms with Gasteiger partial charge in [-0.15, -0.1) is 0 Å². The maximum absolute atomic E-state index is 11.9. The van der Waals surface area contributed by atoms with Crippen LogP contribution in [0.5, 0.6) is 0 Å². The van der Waals surface area contributed by atoms with Crippen molar-refractivity contribution in [2.45, 2.75) is 38.1 Å². The number of amides is 1. The molecule has 0 spiro atoms. The molecular weight excluding hydrogens is 320 g/mol. The minimum absolute atomic E-state index is 0.0507. The Morgan fingerprint density at radius 2 is 2.04 bits per heavy atom. The number of carbonyl (C=O) groups is 1. The number of aromatic nitrogens is 2. The van der Waals surface area contributed by atoms with Crippen LogP contribution in [0.15, 0.2) is 28.8 Å². The van der Waals surface area contributed by atoms with Crippen LogP contribution in [0.3, 0.4) is 0 Å². The van der Waals surface area contributed by atoms with Gasteiger partial charge in [0, 0.05) is 38.3 Å². The predicted octanol–water partition coefficient (Wildman–Crippen LogP) is 2.87. The van der Waals surface area contributed by atoms with E-state index in [1.165, 1.54) is 0 Å². The lowest BCUT2D eigenvalue weighted by Gasteiger charge is -2.33. The van der Waals surface area contributed by atoms with Gasteiger partial charge in [0.25, 0.3) is 0 Å². The molecule has 1 N–H and O–H groups in total. The van der Waals surface area contributed by atoms with Gasteiger partial charge in [0.15, 0.2) is 5.82 Å². The number of fused-ring (bicyclic) bond motifs is 1. The molecule has 2 aromatic rings. The minimum atomic E-state index is 0.0507. The van der Waals surface area contributed by atoms with Gasteiger partial charge in [-0.2, -0.15) is 4.98 Å². The van der Waals surface area contributed by atoms with E-state index in [1.807, 2.05) is 29.2 Å². The number of carbonyl (C=O) groups excluding carboxylic acids is 1. The van der Waals surface area contributed by atoms with E-state index in [0.29, 0.717) is 18.5 Å². The highest BCUT2D eigenvalue weighted by atomic mass is 16.5. The molecule has 2 aliphatic heterocycles.